The first-order valence-electron chi connectivity index (χ1n) is 26.7. The van der Waals surface area contributed by atoms with Crippen molar-refractivity contribution in [2.75, 3.05) is 4.90 Å². The van der Waals surface area contributed by atoms with Crippen LogP contribution < -0.4 is 4.90 Å². The van der Waals surface area contributed by atoms with Gasteiger partial charge in [0.15, 0.2) is 0 Å². The molecule has 4 aromatic heterocycles. The molecule has 368 valence electrons. The third-order valence-electron chi connectivity index (χ3n) is 15.5. The first kappa shape index (κ1) is 46.1. The number of hydrogen-bond acceptors (Lipinski definition) is 3. The van der Waals surface area contributed by atoms with Gasteiger partial charge in [0, 0.05) is 38.6 Å². The summed E-state index contributed by atoms with van der Waals surface area (Å²) in [6.45, 7) is 18.4. The van der Waals surface area contributed by atoms with Crippen LogP contribution in [0.3, 0.4) is 0 Å². The molecule has 75 heavy (non-hydrogen) atoms. The van der Waals surface area contributed by atoms with Crippen LogP contribution in [-0.2, 0) is 0 Å². The number of imidazole rings is 2. The minimum absolute atomic E-state index is 0.292. The van der Waals surface area contributed by atoms with E-state index in [0.717, 1.165) is 73.1 Å². The third kappa shape index (κ3) is 7.31. The third-order valence-corrected chi connectivity index (χ3v) is 15.5. The van der Waals surface area contributed by atoms with Crippen LogP contribution in [0.25, 0.3) is 88.9 Å². The Morgan fingerprint density at radius 3 is 1.04 bits per heavy atom. The second-order valence-corrected chi connectivity index (χ2v) is 21.4. The minimum atomic E-state index is 0.292. The average Bonchev–Trinajstić information content (AvgIpc) is 4.29. The summed E-state index contributed by atoms with van der Waals surface area (Å²) in [6, 6.07) is 73.2. The van der Waals surface area contributed by atoms with Gasteiger partial charge < -0.3 is 4.90 Å². The standard InChI is InChI=1S/C68H61N7/c1-42(2)49-26-20-27-50(43(3)4)65(49)74-61-34-18-14-30-57(61)69-67(74)72-59-32-16-12-24-53(59)55-38-36-47(40-63(55)72)71(46-22-10-9-11-23-46)48-37-39-56-54-25-13-17-33-60(54)73(64(56)41-48)68-70-58-31-15-19-35-62(58)75(68)66-51(44(5)6)28-21-29-52(66)45(7)8/h9-45H,1-8H3. The van der Waals surface area contributed by atoms with Crippen LogP contribution in [0.5, 0.6) is 0 Å². The predicted octanol–water partition coefficient (Wildman–Crippen LogP) is 18.5. The molecule has 13 aromatic rings. The molecule has 9 aromatic carbocycles. The Labute approximate surface area is 438 Å². The molecule has 13 rings (SSSR count). The zero-order valence-corrected chi connectivity index (χ0v) is 44.0. The Balaban J connectivity index is 1.09. The van der Waals surface area contributed by atoms with Crippen LogP contribution >= 0.6 is 0 Å². The highest BCUT2D eigenvalue weighted by Gasteiger charge is 2.28. The lowest BCUT2D eigenvalue weighted by atomic mass is 9.92. The molecule has 0 amide bonds. The first-order chi connectivity index (χ1) is 36.6. The largest absolute Gasteiger partial charge is 0.310 e. The molecule has 7 heteroatoms. The molecular formula is C68H61N7. The first-order valence-corrected chi connectivity index (χ1v) is 26.7. The van der Waals surface area contributed by atoms with E-state index < -0.39 is 0 Å². The average molecular weight is 976 g/mol. The summed E-state index contributed by atoms with van der Waals surface area (Å²) < 4.78 is 9.70. The Morgan fingerprint density at radius 2 is 0.640 bits per heavy atom. The molecule has 0 atom stereocenters. The smallest absolute Gasteiger partial charge is 0.220 e. The van der Waals surface area contributed by atoms with E-state index in [1.807, 2.05) is 0 Å². The van der Waals surface area contributed by atoms with E-state index in [1.54, 1.807) is 0 Å². The van der Waals surface area contributed by atoms with E-state index in [1.165, 1.54) is 55.2 Å². The van der Waals surface area contributed by atoms with E-state index in [4.69, 9.17) is 9.97 Å². The highest BCUT2D eigenvalue weighted by atomic mass is 15.3. The number of hydrogen-bond donors (Lipinski definition) is 0. The van der Waals surface area contributed by atoms with Gasteiger partial charge in [0.2, 0.25) is 11.9 Å². The number of fused-ring (bicyclic) bond motifs is 8. The van der Waals surface area contributed by atoms with Gasteiger partial charge >= 0.3 is 0 Å². The molecule has 0 N–H and O–H groups in total. The van der Waals surface area contributed by atoms with Crippen molar-refractivity contribution in [2.45, 2.75) is 79.1 Å². The fraction of sp³-hybridized carbons (Fsp3) is 0.176. The predicted molar refractivity (Wildman–Crippen MR) is 315 cm³/mol. The summed E-state index contributed by atoms with van der Waals surface area (Å²) in [4.78, 5) is 13.6. The number of para-hydroxylation sites is 9. The highest BCUT2D eigenvalue weighted by molar-refractivity contribution is 6.12. The maximum Gasteiger partial charge on any atom is 0.220 e. The van der Waals surface area contributed by atoms with Crippen LogP contribution in [0.4, 0.5) is 17.1 Å². The molecule has 0 aliphatic rings. The number of rotatable bonds is 11. The SMILES string of the molecule is CC(C)c1cccc(C(C)C)c1-n1c(-n2c3ccccc3c3ccc(N(c4ccccc4)c4ccc5c6ccccc6n(-c6nc7ccccc7n6-c6c(C(C)C)cccc6C(C)C)c5c4)cc32)nc2ccccc21. The van der Waals surface area contributed by atoms with Crippen molar-refractivity contribution in [1.29, 1.82) is 0 Å². The number of nitrogens with zero attached hydrogens (tertiary/aromatic N) is 7. The maximum atomic E-state index is 5.59. The fourth-order valence-electron chi connectivity index (χ4n) is 12.0. The van der Waals surface area contributed by atoms with Crippen molar-refractivity contribution in [3.8, 4) is 23.3 Å². The van der Waals surface area contributed by atoms with E-state index in [-0.39, 0.29) is 0 Å². The van der Waals surface area contributed by atoms with Gasteiger partial charge in [0.05, 0.1) is 55.5 Å². The molecule has 0 aliphatic carbocycles. The van der Waals surface area contributed by atoms with Gasteiger partial charge in [-0.3, -0.25) is 18.3 Å². The van der Waals surface area contributed by atoms with E-state index in [0.29, 0.717) is 23.7 Å². The molecule has 7 nitrogen and oxygen atoms in total. The molecular weight excluding hydrogens is 915 g/mol. The number of anilines is 3. The number of aromatic nitrogens is 6. The van der Waals surface area contributed by atoms with E-state index >= 15 is 0 Å². The zero-order valence-electron chi connectivity index (χ0n) is 44.0. The Kier molecular flexibility index (Phi) is 11.1. The van der Waals surface area contributed by atoms with Gasteiger partial charge in [0.25, 0.3) is 0 Å². The van der Waals surface area contributed by atoms with Crippen LogP contribution in [0.2, 0.25) is 0 Å². The molecule has 0 radical (unpaired) electrons. The summed E-state index contributed by atoms with van der Waals surface area (Å²) in [5.41, 5.74) is 19.2. The molecule has 0 spiro atoms. The highest BCUT2D eigenvalue weighted by Crippen LogP contribution is 2.45. The van der Waals surface area contributed by atoms with Gasteiger partial charge in [-0.2, -0.15) is 0 Å². The second-order valence-electron chi connectivity index (χ2n) is 21.4. The molecule has 0 bridgehead atoms. The lowest BCUT2D eigenvalue weighted by Crippen LogP contribution is -2.13. The van der Waals surface area contributed by atoms with Crippen LogP contribution in [-0.4, -0.2) is 28.2 Å². The van der Waals surface area contributed by atoms with Crippen molar-refractivity contribution in [1.82, 2.24) is 28.2 Å². The van der Waals surface area contributed by atoms with E-state index in [2.05, 4.69) is 279 Å². The molecule has 0 aliphatic heterocycles. The van der Waals surface area contributed by atoms with Crippen LogP contribution in [0, 0.1) is 0 Å². The summed E-state index contributed by atoms with van der Waals surface area (Å²) in [6.07, 6.45) is 0. The van der Waals surface area contributed by atoms with Crippen molar-refractivity contribution < 1.29 is 0 Å². The summed E-state index contributed by atoms with van der Waals surface area (Å²) in [5.74, 6) is 2.91. The Morgan fingerprint density at radius 1 is 0.293 bits per heavy atom. The van der Waals surface area contributed by atoms with Crippen molar-refractivity contribution in [2.24, 2.45) is 0 Å². The van der Waals surface area contributed by atoms with Crippen molar-refractivity contribution >= 4 is 82.7 Å². The second kappa shape index (κ2) is 18.1. The van der Waals surface area contributed by atoms with Gasteiger partial charge in [-0.25, -0.2) is 9.97 Å². The topological polar surface area (TPSA) is 48.7 Å². The van der Waals surface area contributed by atoms with Crippen LogP contribution in [0.15, 0.2) is 200 Å². The van der Waals surface area contributed by atoms with Gasteiger partial charge in [-0.15, -0.1) is 0 Å². The lowest BCUT2D eigenvalue weighted by Gasteiger charge is -2.26. The summed E-state index contributed by atoms with van der Waals surface area (Å²) in [5, 5.41) is 4.69. The molecule has 0 saturated heterocycles. The molecule has 0 unspecified atom stereocenters. The quantitative estimate of drug-likeness (QED) is 0.130. The molecule has 0 saturated carbocycles. The van der Waals surface area contributed by atoms with Crippen molar-refractivity contribution in [3.05, 3.63) is 222 Å². The van der Waals surface area contributed by atoms with Gasteiger partial charge in [-0.1, -0.05) is 183 Å². The Bertz CT molecular complexity index is 4020. The molecule has 0 fully saturated rings. The Hall–Kier alpha value is -8.68. The minimum Gasteiger partial charge on any atom is -0.310 e. The van der Waals surface area contributed by atoms with Gasteiger partial charge in [0.1, 0.15) is 0 Å². The van der Waals surface area contributed by atoms with Crippen LogP contribution in [0.1, 0.15) is 101 Å². The van der Waals surface area contributed by atoms with Gasteiger partial charge in [-0.05, 0) is 119 Å². The summed E-state index contributed by atoms with van der Waals surface area (Å²) in [7, 11) is 0. The molecule has 4 heterocycles. The zero-order chi connectivity index (χ0) is 51.2. The van der Waals surface area contributed by atoms with Crippen molar-refractivity contribution in [3.63, 3.8) is 0 Å². The van der Waals surface area contributed by atoms with E-state index in [9.17, 15) is 0 Å². The lowest BCUT2D eigenvalue weighted by molar-refractivity contribution is 0.801. The summed E-state index contributed by atoms with van der Waals surface area (Å²) >= 11 is 0. The maximum absolute atomic E-state index is 5.59. The number of benzene rings is 9. The monoisotopic (exact) mass is 975 g/mol. The normalized spacial score (nSPS) is 12.2. The fourth-order valence-corrected chi connectivity index (χ4v) is 12.0.